The number of thiazole rings is 1. The molecule has 0 N–H and O–H groups in total. The largest absolute Gasteiger partial charge is 0.468 e. The van der Waals surface area contributed by atoms with Crippen LogP contribution in [0.2, 0.25) is 0 Å². The number of aromatic nitrogens is 1. The van der Waals surface area contributed by atoms with E-state index < -0.39 is 22.6 Å². The van der Waals surface area contributed by atoms with Crippen LogP contribution in [0, 0.1) is 15.9 Å². The van der Waals surface area contributed by atoms with Crippen molar-refractivity contribution in [2.24, 2.45) is 4.99 Å². The van der Waals surface area contributed by atoms with E-state index in [0.29, 0.717) is 21.6 Å². The molecule has 0 aliphatic carbocycles. The molecule has 11 heteroatoms. The maximum atomic E-state index is 13.5. The summed E-state index contributed by atoms with van der Waals surface area (Å²) in [5.41, 5.74) is 0.519. The van der Waals surface area contributed by atoms with Crippen molar-refractivity contribution in [1.29, 1.82) is 0 Å². The highest BCUT2D eigenvalue weighted by Crippen LogP contribution is 2.24. The number of carbonyl (C=O) groups is 2. The molecular formula is C15H10FN3O5S2. The van der Waals surface area contributed by atoms with E-state index >= 15 is 0 Å². The highest BCUT2D eigenvalue weighted by atomic mass is 32.1. The summed E-state index contributed by atoms with van der Waals surface area (Å²) in [4.78, 5) is 38.3. The van der Waals surface area contributed by atoms with Crippen molar-refractivity contribution in [1.82, 2.24) is 4.57 Å². The van der Waals surface area contributed by atoms with Crippen LogP contribution in [-0.4, -0.2) is 28.5 Å². The zero-order valence-electron chi connectivity index (χ0n) is 13.2. The number of nitrogens with zero attached hydrogens (tertiary/aromatic N) is 3. The van der Waals surface area contributed by atoms with Crippen LogP contribution >= 0.6 is 22.7 Å². The molecule has 0 spiro atoms. The first-order valence-electron chi connectivity index (χ1n) is 7.08. The lowest BCUT2D eigenvalue weighted by Gasteiger charge is -2.03. The summed E-state index contributed by atoms with van der Waals surface area (Å²) in [5.74, 6) is -1.71. The fourth-order valence-electron chi connectivity index (χ4n) is 2.16. The number of halogens is 1. The van der Waals surface area contributed by atoms with Crippen LogP contribution in [0.3, 0.4) is 0 Å². The van der Waals surface area contributed by atoms with Crippen LogP contribution in [0.25, 0.3) is 10.2 Å². The van der Waals surface area contributed by atoms with Crippen LogP contribution in [0.1, 0.15) is 9.67 Å². The summed E-state index contributed by atoms with van der Waals surface area (Å²) in [7, 11) is 1.23. The maximum Gasteiger partial charge on any atom is 0.325 e. The second-order valence-electron chi connectivity index (χ2n) is 4.97. The smallest absolute Gasteiger partial charge is 0.325 e. The monoisotopic (exact) mass is 395 g/mol. The van der Waals surface area contributed by atoms with Gasteiger partial charge in [0, 0.05) is 6.07 Å². The van der Waals surface area contributed by atoms with Gasteiger partial charge in [-0.1, -0.05) is 22.7 Å². The number of hydrogen-bond acceptors (Lipinski definition) is 7. The van der Waals surface area contributed by atoms with Crippen molar-refractivity contribution in [2.45, 2.75) is 6.54 Å². The van der Waals surface area contributed by atoms with Gasteiger partial charge in [-0.05, 0) is 24.3 Å². The molecule has 3 rings (SSSR count). The first-order chi connectivity index (χ1) is 12.4. The second-order valence-corrected chi connectivity index (χ2v) is 7.04. The Morgan fingerprint density at radius 1 is 1.31 bits per heavy atom. The summed E-state index contributed by atoms with van der Waals surface area (Å²) in [5, 5.41) is 10.6. The van der Waals surface area contributed by atoms with Crippen LogP contribution in [0.15, 0.2) is 35.3 Å². The normalized spacial score (nSPS) is 11.7. The van der Waals surface area contributed by atoms with Crippen LogP contribution < -0.4 is 4.80 Å². The quantitative estimate of drug-likeness (QED) is 0.384. The Kier molecular flexibility index (Phi) is 4.91. The molecule has 1 amide bonds. The summed E-state index contributed by atoms with van der Waals surface area (Å²) < 4.78 is 20.0. The third-order valence-corrected chi connectivity index (χ3v) is 5.41. The lowest BCUT2D eigenvalue weighted by molar-refractivity contribution is -0.380. The molecule has 0 aliphatic rings. The summed E-state index contributed by atoms with van der Waals surface area (Å²) in [6, 6.07) is 6.51. The number of benzene rings is 1. The molecule has 2 aromatic heterocycles. The molecule has 0 saturated carbocycles. The Balaban J connectivity index is 2.10. The number of ether oxygens (including phenoxy) is 1. The molecule has 0 bridgehead atoms. The van der Waals surface area contributed by atoms with Gasteiger partial charge < -0.3 is 9.30 Å². The van der Waals surface area contributed by atoms with Crippen molar-refractivity contribution in [2.75, 3.05) is 7.11 Å². The molecule has 2 heterocycles. The molecule has 1 aromatic carbocycles. The van der Waals surface area contributed by atoms with Gasteiger partial charge >= 0.3 is 11.0 Å². The van der Waals surface area contributed by atoms with Gasteiger partial charge in [-0.25, -0.2) is 4.39 Å². The van der Waals surface area contributed by atoms with E-state index in [-0.39, 0.29) is 21.2 Å². The number of carbonyl (C=O) groups excluding carboxylic acids is 2. The first-order valence-corrected chi connectivity index (χ1v) is 8.71. The minimum atomic E-state index is -0.686. The van der Waals surface area contributed by atoms with Crippen LogP contribution in [-0.2, 0) is 16.1 Å². The van der Waals surface area contributed by atoms with Gasteiger partial charge in [-0.2, -0.15) is 4.99 Å². The average molecular weight is 395 g/mol. The highest BCUT2D eigenvalue weighted by Gasteiger charge is 2.17. The van der Waals surface area contributed by atoms with Gasteiger partial charge in [0.2, 0.25) is 0 Å². The van der Waals surface area contributed by atoms with Crippen molar-refractivity contribution in [3.63, 3.8) is 0 Å². The SMILES string of the molecule is COC(=O)Cn1c(=NC(=O)c2ccc([N+](=O)[O-])s2)sc2cc(F)ccc21. The standard InChI is InChI=1S/C15H10FN3O5S2/c1-24-13(20)7-18-9-3-2-8(16)6-11(9)26-15(18)17-14(21)10-4-5-12(25-10)19(22)23/h2-6H,7H2,1H3. The van der Waals surface area contributed by atoms with Crippen LogP contribution in [0.5, 0.6) is 0 Å². The second kappa shape index (κ2) is 7.14. The zero-order valence-corrected chi connectivity index (χ0v) is 14.8. The number of thiophene rings is 1. The maximum absolute atomic E-state index is 13.5. The Hall–Kier alpha value is -2.92. The van der Waals surface area contributed by atoms with Gasteiger partial charge in [-0.3, -0.25) is 19.7 Å². The van der Waals surface area contributed by atoms with Gasteiger partial charge in [0.15, 0.2) is 4.80 Å². The molecule has 134 valence electrons. The predicted octanol–water partition coefficient (Wildman–Crippen LogP) is 2.73. The van der Waals surface area contributed by atoms with E-state index in [1.807, 2.05) is 0 Å². The summed E-state index contributed by atoms with van der Waals surface area (Å²) in [6.07, 6.45) is 0. The van der Waals surface area contributed by atoms with Gasteiger partial charge in [0.1, 0.15) is 17.2 Å². The number of hydrogen-bond donors (Lipinski definition) is 0. The molecule has 0 radical (unpaired) electrons. The Morgan fingerprint density at radius 3 is 2.73 bits per heavy atom. The molecule has 0 atom stereocenters. The molecular weight excluding hydrogens is 385 g/mol. The highest BCUT2D eigenvalue weighted by molar-refractivity contribution is 7.17. The van der Waals surface area contributed by atoms with Gasteiger partial charge in [-0.15, -0.1) is 0 Å². The Labute approximate surface area is 152 Å². The molecule has 0 aliphatic heterocycles. The predicted molar refractivity (Wildman–Crippen MR) is 92.7 cm³/mol. The van der Waals surface area contributed by atoms with Gasteiger partial charge in [0.05, 0.1) is 22.2 Å². The third-order valence-electron chi connectivity index (χ3n) is 3.34. The lowest BCUT2D eigenvalue weighted by atomic mass is 10.3. The molecule has 3 aromatic rings. The van der Waals surface area contributed by atoms with Crippen molar-refractivity contribution in [3.8, 4) is 0 Å². The Bertz CT molecular complexity index is 1100. The fraction of sp³-hybridized carbons (Fsp3) is 0.133. The van der Waals surface area contributed by atoms with Crippen molar-refractivity contribution < 1.29 is 23.6 Å². The number of amides is 1. The van der Waals surface area contributed by atoms with E-state index in [0.717, 1.165) is 11.3 Å². The minimum absolute atomic E-state index is 0.0879. The van der Waals surface area contributed by atoms with Crippen LogP contribution in [0.4, 0.5) is 9.39 Å². The van der Waals surface area contributed by atoms with E-state index in [1.54, 1.807) is 0 Å². The molecule has 0 unspecified atom stereocenters. The van der Waals surface area contributed by atoms with Gasteiger partial charge in [0.25, 0.3) is 5.91 Å². The molecule has 26 heavy (non-hydrogen) atoms. The average Bonchev–Trinajstić information content (AvgIpc) is 3.20. The van der Waals surface area contributed by atoms with E-state index in [1.165, 1.54) is 42.0 Å². The molecule has 0 saturated heterocycles. The number of fused-ring (bicyclic) bond motifs is 1. The topological polar surface area (TPSA) is 104 Å². The van der Waals surface area contributed by atoms with E-state index in [2.05, 4.69) is 9.73 Å². The summed E-state index contributed by atoms with van der Waals surface area (Å²) >= 11 is 1.73. The molecule has 0 fully saturated rings. The number of rotatable bonds is 4. The lowest BCUT2D eigenvalue weighted by Crippen LogP contribution is -2.22. The molecule has 8 nitrogen and oxygen atoms in total. The van der Waals surface area contributed by atoms with Crippen molar-refractivity contribution in [3.05, 3.63) is 55.9 Å². The zero-order chi connectivity index (χ0) is 18.8. The number of esters is 1. The third kappa shape index (κ3) is 3.53. The Morgan fingerprint density at radius 2 is 2.08 bits per heavy atom. The number of nitro groups is 1. The minimum Gasteiger partial charge on any atom is -0.468 e. The first kappa shape index (κ1) is 17.9. The van der Waals surface area contributed by atoms with E-state index in [9.17, 15) is 24.1 Å². The van der Waals surface area contributed by atoms with Crippen molar-refractivity contribution >= 4 is 49.8 Å². The number of methoxy groups -OCH3 is 1. The fourth-order valence-corrected chi connectivity index (χ4v) is 3.92. The summed E-state index contributed by atoms with van der Waals surface area (Å²) in [6.45, 7) is -0.209. The van der Waals surface area contributed by atoms with E-state index in [4.69, 9.17) is 0 Å².